The molecule has 2 heteroatoms. The molecule has 0 radical (unpaired) electrons. The lowest BCUT2D eigenvalue weighted by Crippen LogP contribution is -2.39. The van der Waals surface area contributed by atoms with E-state index in [-0.39, 0.29) is 0 Å². The molecule has 3 atom stereocenters. The normalized spacial score (nSPS) is 34.6. The average molecular weight is 231 g/mol. The van der Waals surface area contributed by atoms with E-state index in [4.69, 9.17) is 6.42 Å². The third kappa shape index (κ3) is 2.20. The fraction of sp³-hybridized carbons (Fsp3) is 0.800. The molecule has 3 aliphatic rings. The van der Waals surface area contributed by atoms with E-state index in [2.05, 4.69) is 5.92 Å². The van der Waals surface area contributed by atoms with Crippen LogP contribution in [0.15, 0.2) is 0 Å². The van der Waals surface area contributed by atoms with E-state index in [9.17, 15) is 4.79 Å². The van der Waals surface area contributed by atoms with E-state index in [0.717, 1.165) is 24.8 Å². The minimum atomic E-state index is 0.306. The maximum absolute atomic E-state index is 12.5. The highest BCUT2D eigenvalue weighted by molar-refractivity contribution is 5.80. The number of rotatable bonds is 4. The molecule has 2 bridgehead atoms. The summed E-state index contributed by atoms with van der Waals surface area (Å²) in [6.45, 7) is 1.43. The molecular formula is C15H21NO. The zero-order valence-corrected chi connectivity index (χ0v) is 10.4. The van der Waals surface area contributed by atoms with E-state index in [1.807, 2.05) is 4.90 Å². The monoisotopic (exact) mass is 231 g/mol. The number of amides is 1. The zero-order chi connectivity index (χ0) is 11.8. The number of carbonyl (C=O) groups excluding carboxylic acids is 1. The van der Waals surface area contributed by atoms with Gasteiger partial charge in [0.1, 0.15) is 0 Å². The zero-order valence-electron chi connectivity index (χ0n) is 10.4. The second-order valence-corrected chi connectivity index (χ2v) is 6.15. The second-order valence-electron chi connectivity index (χ2n) is 6.15. The van der Waals surface area contributed by atoms with Gasteiger partial charge >= 0.3 is 0 Å². The van der Waals surface area contributed by atoms with Crippen molar-refractivity contribution in [3.05, 3.63) is 0 Å². The van der Waals surface area contributed by atoms with Gasteiger partial charge in [-0.2, -0.15) is 0 Å². The van der Waals surface area contributed by atoms with Gasteiger partial charge in [-0.1, -0.05) is 12.3 Å². The maximum atomic E-state index is 12.5. The van der Waals surface area contributed by atoms with Crippen molar-refractivity contribution in [2.24, 2.45) is 23.7 Å². The lowest BCUT2D eigenvalue weighted by Gasteiger charge is -2.28. The smallest absolute Gasteiger partial charge is 0.226 e. The van der Waals surface area contributed by atoms with E-state index in [0.29, 0.717) is 24.3 Å². The van der Waals surface area contributed by atoms with Crippen LogP contribution in [0.1, 0.15) is 38.5 Å². The highest BCUT2D eigenvalue weighted by Crippen LogP contribution is 2.49. The summed E-state index contributed by atoms with van der Waals surface area (Å²) < 4.78 is 0. The van der Waals surface area contributed by atoms with Crippen molar-refractivity contribution in [1.82, 2.24) is 4.90 Å². The minimum absolute atomic E-state index is 0.306. The highest BCUT2D eigenvalue weighted by Gasteiger charge is 2.44. The number of hydrogen-bond donors (Lipinski definition) is 0. The Morgan fingerprint density at radius 1 is 1.24 bits per heavy atom. The topological polar surface area (TPSA) is 20.3 Å². The average Bonchev–Trinajstić information content (AvgIpc) is 2.90. The molecule has 3 aliphatic carbocycles. The molecule has 0 aromatic carbocycles. The molecule has 17 heavy (non-hydrogen) atoms. The molecule has 0 aliphatic heterocycles. The lowest BCUT2D eigenvalue weighted by atomic mass is 9.87. The van der Waals surface area contributed by atoms with Crippen LogP contribution in [0, 0.1) is 36.0 Å². The molecular weight excluding hydrogens is 210 g/mol. The Kier molecular flexibility index (Phi) is 2.86. The van der Waals surface area contributed by atoms with Gasteiger partial charge in [-0.3, -0.25) is 4.79 Å². The van der Waals surface area contributed by atoms with Gasteiger partial charge in [0.05, 0.1) is 6.54 Å². The summed E-state index contributed by atoms with van der Waals surface area (Å²) in [5, 5.41) is 0. The Hall–Kier alpha value is -0.970. The molecule has 0 heterocycles. The summed E-state index contributed by atoms with van der Waals surface area (Å²) in [6, 6.07) is 0. The molecule has 0 spiro atoms. The van der Waals surface area contributed by atoms with Crippen LogP contribution >= 0.6 is 0 Å². The first kappa shape index (κ1) is 11.1. The lowest BCUT2D eigenvalue weighted by molar-refractivity contribution is -0.136. The number of fused-ring (bicyclic) bond motifs is 2. The van der Waals surface area contributed by atoms with Crippen LogP contribution in [0.5, 0.6) is 0 Å². The van der Waals surface area contributed by atoms with Crippen LogP contribution in [0.3, 0.4) is 0 Å². The van der Waals surface area contributed by atoms with Crippen LogP contribution in [0.2, 0.25) is 0 Å². The number of nitrogens with zero attached hydrogens (tertiary/aromatic N) is 1. The summed E-state index contributed by atoms with van der Waals surface area (Å²) >= 11 is 0. The first-order chi connectivity index (χ1) is 8.28. The Morgan fingerprint density at radius 2 is 2.06 bits per heavy atom. The number of hydrogen-bond acceptors (Lipinski definition) is 1. The summed E-state index contributed by atoms with van der Waals surface area (Å²) in [6.07, 6.45) is 13.0. The van der Waals surface area contributed by atoms with E-state index >= 15 is 0 Å². The Labute approximate surface area is 104 Å². The van der Waals surface area contributed by atoms with E-state index < -0.39 is 0 Å². The van der Waals surface area contributed by atoms with Gasteiger partial charge in [0, 0.05) is 12.5 Å². The van der Waals surface area contributed by atoms with Crippen LogP contribution < -0.4 is 0 Å². The SMILES string of the molecule is C#CCN(CC1CC1)C(=O)C1CC2CCC1C2. The van der Waals surface area contributed by atoms with Crippen molar-refractivity contribution in [2.75, 3.05) is 13.1 Å². The van der Waals surface area contributed by atoms with Gasteiger partial charge in [-0.15, -0.1) is 6.42 Å². The molecule has 0 saturated heterocycles. The predicted molar refractivity (Wildman–Crippen MR) is 67.1 cm³/mol. The summed E-state index contributed by atoms with van der Waals surface area (Å²) in [5.74, 6) is 5.57. The standard InChI is InChI=1S/C15H21NO/c1-2-7-16(10-11-3-4-11)15(17)14-9-12-5-6-13(14)8-12/h1,11-14H,3-10H2. The summed E-state index contributed by atoms with van der Waals surface area (Å²) in [4.78, 5) is 14.5. The second kappa shape index (κ2) is 4.37. The molecule has 0 N–H and O–H groups in total. The molecule has 3 unspecified atom stereocenters. The maximum Gasteiger partial charge on any atom is 0.226 e. The Morgan fingerprint density at radius 3 is 2.59 bits per heavy atom. The van der Waals surface area contributed by atoms with E-state index in [1.165, 1.54) is 32.1 Å². The molecule has 0 aromatic heterocycles. The van der Waals surface area contributed by atoms with Crippen molar-refractivity contribution < 1.29 is 4.79 Å². The van der Waals surface area contributed by atoms with Gasteiger partial charge in [-0.05, 0) is 49.9 Å². The fourth-order valence-corrected chi connectivity index (χ4v) is 3.74. The van der Waals surface area contributed by atoms with Gasteiger partial charge in [0.15, 0.2) is 0 Å². The Balaban J connectivity index is 1.64. The Bertz CT molecular complexity index is 352. The third-order valence-corrected chi connectivity index (χ3v) is 4.82. The number of terminal acetylenes is 1. The highest BCUT2D eigenvalue weighted by atomic mass is 16.2. The summed E-state index contributed by atoms with van der Waals surface area (Å²) in [7, 11) is 0. The molecule has 0 aromatic rings. The number of carbonyl (C=O) groups is 1. The van der Waals surface area contributed by atoms with Gasteiger partial charge in [0.2, 0.25) is 5.91 Å². The minimum Gasteiger partial charge on any atom is -0.331 e. The van der Waals surface area contributed by atoms with Crippen LogP contribution in [0.25, 0.3) is 0 Å². The van der Waals surface area contributed by atoms with Crippen molar-refractivity contribution in [3.8, 4) is 12.3 Å². The van der Waals surface area contributed by atoms with Gasteiger partial charge < -0.3 is 4.90 Å². The van der Waals surface area contributed by atoms with Crippen LogP contribution in [-0.2, 0) is 4.79 Å². The quantitative estimate of drug-likeness (QED) is 0.680. The molecule has 3 fully saturated rings. The molecule has 2 nitrogen and oxygen atoms in total. The van der Waals surface area contributed by atoms with Crippen molar-refractivity contribution in [1.29, 1.82) is 0 Å². The largest absolute Gasteiger partial charge is 0.331 e. The van der Waals surface area contributed by atoms with Crippen molar-refractivity contribution in [2.45, 2.75) is 38.5 Å². The third-order valence-electron chi connectivity index (χ3n) is 4.82. The molecule has 3 rings (SSSR count). The first-order valence-electron chi connectivity index (χ1n) is 7.00. The van der Waals surface area contributed by atoms with Gasteiger partial charge in [-0.25, -0.2) is 0 Å². The summed E-state index contributed by atoms with van der Waals surface area (Å²) in [5.41, 5.74) is 0. The van der Waals surface area contributed by atoms with Crippen LogP contribution in [0.4, 0.5) is 0 Å². The van der Waals surface area contributed by atoms with Crippen LogP contribution in [-0.4, -0.2) is 23.9 Å². The molecule has 3 saturated carbocycles. The van der Waals surface area contributed by atoms with E-state index in [1.54, 1.807) is 0 Å². The molecule has 1 amide bonds. The first-order valence-corrected chi connectivity index (χ1v) is 7.00. The van der Waals surface area contributed by atoms with Crippen molar-refractivity contribution >= 4 is 5.91 Å². The fourth-order valence-electron chi connectivity index (χ4n) is 3.74. The van der Waals surface area contributed by atoms with Gasteiger partial charge in [0.25, 0.3) is 0 Å². The predicted octanol–water partition coefficient (Wildman–Crippen LogP) is 2.29. The molecule has 92 valence electrons. The van der Waals surface area contributed by atoms with Crippen molar-refractivity contribution in [3.63, 3.8) is 0 Å².